The summed E-state index contributed by atoms with van der Waals surface area (Å²) in [6, 6.07) is 1.67. The van der Waals surface area contributed by atoms with Gasteiger partial charge in [0.2, 0.25) is 5.82 Å². The fourth-order valence-corrected chi connectivity index (χ4v) is 1.45. The van der Waals surface area contributed by atoms with Crippen LogP contribution in [-0.4, -0.2) is 39.4 Å². The Balaban J connectivity index is 1.90. The van der Waals surface area contributed by atoms with Gasteiger partial charge in [0.15, 0.2) is 0 Å². The first-order valence-electron chi connectivity index (χ1n) is 5.62. The molecule has 19 heavy (non-hydrogen) atoms. The standard InChI is InChI=1S/C11H14N6O2/c1-19-11(18)10-14-3-2-9(16-10)13-4-5-17-7-8(12)6-15-17/h2-3,6-7H,4-5,12H2,1H3,(H,13,14,16). The van der Waals surface area contributed by atoms with Crippen LogP contribution in [0.25, 0.3) is 0 Å². The summed E-state index contributed by atoms with van der Waals surface area (Å²) >= 11 is 0. The normalized spacial score (nSPS) is 10.2. The molecular formula is C11H14N6O2. The van der Waals surface area contributed by atoms with Gasteiger partial charge in [0.1, 0.15) is 5.82 Å². The number of nitrogens with zero attached hydrogens (tertiary/aromatic N) is 4. The topological polar surface area (TPSA) is 108 Å². The summed E-state index contributed by atoms with van der Waals surface area (Å²) < 4.78 is 6.26. The van der Waals surface area contributed by atoms with Gasteiger partial charge in [0, 0.05) is 18.9 Å². The molecule has 0 saturated heterocycles. The van der Waals surface area contributed by atoms with Gasteiger partial charge >= 0.3 is 5.97 Å². The molecule has 0 unspecified atom stereocenters. The van der Waals surface area contributed by atoms with Crippen LogP contribution >= 0.6 is 0 Å². The average molecular weight is 262 g/mol. The van der Waals surface area contributed by atoms with E-state index in [1.165, 1.54) is 13.3 Å². The number of hydrogen-bond donors (Lipinski definition) is 2. The van der Waals surface area contributed by atoms with E-state index in [0.29, 0.717) is 24.6 Å². The highest BCUT2D eigenvalue weighted by Gasteiger charge is 2.09. The molecule has 0 aliphatic heterocycles. The van der Waals surface area contributed by atoms with Gasteiger partial charge in [0.25, 0.3) is 0 Å². The largest absolute Gasteiger partial charge is 0.463 e. The third kappa shape index (κ3) is 3.41. The zero-order valence-electron chi connectivity index (χ0n) is 10.4. The number of nitrogens with one attached hydrogen (secondary N) is 1. The molecule has 100 valence electrons. The lowest BCUT2D eigenvalue weighted by molar-refractivity contribution is 0.0587. The molecule has 2 rings (SSSR count). The number of carbonyl (C=O) groups is 1. The summed E-state index contributed by atoms with van der Waals surface area (Å²) in [4.78, 5) is 19.1. The summed E-state index contributed by atoms with van der Waals surface area (Å²) in [5, 5.41) is 7.11. The van der Waals surface area contributed by atoms with Crippen molar-refractivity contribution in [3.63, 3.8) is 0 Å². The Morgan fingerprint density at radius 1 is 1.58 bits per heavy atom. The van der Waals surface area contributed by atoms with Crippen LogP contribution in [0, 0.1) is 0 Å². The van der Waals surface area contributed by atoms with Gasteiger partial charge in [-0.05, 0) is 6.07 Å². The Bertz CT molecular complexity index is 568. The van der Waals surface area contributed by atoms with Crippen molar-refractivity contribution in [3.05, 3.63) is 30.5 Å². The van der Waals surface area contributed by atoms with Crippen molar-refractivity contribution in [1.82, 2.24) is 19.7 Å². The summed E-state index contributed by atoms with van der Waals surface area (Å²) in [5.74, 6) is 0.00913. The molecule has 0 saturated carbocycles. The number of nitrogens with two attached hydrogens (primary N) is 1. The monoisotopic (exact) mass is 262 g/mol. The molecule has 0 bridgehead atoms. The predicted octanol–water partition coefficient (Wildman–Crippen LogP) is 0.154. The van der Waals surface area contributed by atoms with E-state index in [2.05, 4.69) is 25.1 Å². The first-order valence-corrected chi connectivity index (χ1v) is 5.62. The smallest absolute Gasteiger partial charge is 0.376 e. The van der Waals surface area contributed by atoms with Crippen LogP contribution < -0.4 is 11.1 Å². The zero-order chi connectivity index (χ0) is 13.7. The van der Waals surface area contributed by atoms with Crippen LogP contribution in [0.15, 0.2) is 24.7 Å². The number of nitrogen functional groups attached to an aromatic ring is 1. The Morgan fingerprint density at radius 3 is 3.11 bits per heavy atom. The molecule has 0 aromatic carbocycles. The third-order valence-corrected chi connectivity index (χ3v) is 2.32. The van der Waals surface area contributed by atoms with Gasteiger partial charge in [-0.1, -0.05) is 0 Å². The second-order valence-corrected chi connectivity index (χ2v) is 3.72. The lowest BCUT2D eigenvalue weighted by Crippen LogP contribution is -2.14. The molecule has 2 aromatic rings. The number of rotatable bonds is 5. The highest BCUT2D eigenvalue weighted by molar-refractivity contribution is 5.85. The second kappa shape index (κ2) is 5.80. The molecule has 0 atom stereocenters. The fourth-order valence-electron chi connectivity index (χ4n) is 1.45. The molecule has 0 amide bonds. The van der Waals surface area contributed by atoms with E-state index in [4.69, 9.17) is 5.73 Å². The van der Waals surface area contributed by atoms with E-state index < -0.39 is 5.97 Å². The van der Waals surface area contributed by atoms with E-state index in [0.717, 1.165) is 0 Å². The highest BCUT2D eigenvalue weighted by Crippen LogP contribution is 2.03. The first kappa shape index (κ1) is 12.8. The summed E-state index contributed by atoms with van der Waals surface area (Å²) in [5.41, 5.74) is 6.17. The molecule has 0 fully saturated rings. The molecule has 0 aliphatic carbocycles. The molecule has 2 heterocycles. The van der Waals surface area contributed by atoms with Crippen molar-refractivity contribution >= 4 is 17.5 Å². The number of hydrogen-bond acceptors (Lipinski definition) is 7. The van der Waals surface area contributed by atoms with Crippen molar-refractivity contribution in [2.75, 3.05) is 24.7 Å². The molecule has 8 nitrogen and oxygen atoms in total. The van der Waals surface area contributed by atoms with Crippen molar-refractivity contribution in [2.45, 2.75) is 6.54 Å². The van der Waals surface area contributed by atoms with Crippen molar-refractivity contribution in [2.24, 2.45) is 0 Å². The minimum atomic E-state index is -0.566. The maximum Gasteiger partial charge on any atom is 0.376 e. The van der Waals surface area contributed by atoms with E-state index in [-0.39, 0.29) is 5.82 Å². The van der Waals surface area contributed by atoms with E-state index in [1.54, 1.807) is 23.1 Å². The fraction of sp³-hybridized carbons (Fsp3) is 0.273. The number of carbonyl (C=O) groups excluding carboxylic acids is 1. The van der Waals surface area contributed by atoms with Crippen LogP contribution in [0.2, 0.25) is 0 Å². The van der Waals surface area contributed by atoms with Crippen molar-refractivity contribution in [1.29, 1.82) is 0 Å². The van der Waals surface area contributed by atoms with Gasteiger partial charge in [-0.25, -0.2) is 14.8 Å². The van der Waals surface area contributed by atoms with Crippen molar-refractivity contribution in [3.8, 4) is 0 Å². The molecule has 2 aromatic heterocycles. The molecular weight excluding hydrogens is 248 g/mol. The van der Waals surface area contributed by atoms with Gasteiger partial charge in [0.05, 0.1) is 25.5 Å². The lowest BCUT2D eigenvalue weighted by atomic mass is 10.5. The minimum absolute atomic E-state index is 0.0239. The van der Waals surface area contributed by atoms with Gasteiger partial charge in [-0.2, -0.15) is 5.10 Å². The number of anilines is 2. The van der Waals surface area contributed by atoms with Gasteiger partial charge in [-0.3, -0.25) is 4.68 Å². The van der Waals surface area contributed by atoms with Gasteiger partial charge < -0.3 is 15.8 Å². The Kier molecular flexibility index (Phi) is 3.91. The van der Waals surface area contributed by atoms with Crippen LogP contribution in [0.4, 0.5) is 11.5 Å². The van der Waals surface area contributed by atoms with Crippen molar-refractivity contribution < 1.29 is 9.53 Å². The summed E-state index contributed by atoms with van der Waals surface area (Å²) in [7, 11) is 1.29. The second-order valence-electron chi connectivity index (χ2n) is 3.72. The zero-order valence-corrected chi connectivity index (χ0v) is 10.4. The Hall–Kier alpha value is -2.64. The van der Waals surface area contributed by atoms with Gasteiger partial charge in [-0.15, -0.1) is 0 Å². The van der Waals surface area contributed by atoms with Crippen LogP contribution in [0.1, 0.15) is 10.6 Å². The van der Waals surface area contributed by atoms with E-state index in [9.17, 15) is 4.79 Å². The first-order chi connectivity index (χ1) is 9.19. The minimum Gasteiger partial charge on any atom is -0.463 e. The third-order valence-electron chi connectivity index (χ3n) is 2.32. The number of methoxy groups -OCH3 is 1. The maximum absolute atomic E-state index is 11.3. The van der Waals surface area contributed by atoms with E-state index >= 15 is 0 Å². The summed E-state index contributed by atoms with van der Waals surface area (Å²) in [6.07, 6.45) is 4.81. The Labute approximate surface area is 109 Å². The number of ether oxygens (including phenoxy) is 1. The quantitative estimate of drug-likeness (QED) is 0.738. The molecule has 8 heteroatoms. The average Bonchev–Trinajstić information content (AvgIpc) is 2.84. The highest BCUT2D eigenvalue weighted by atomic mass is 16.5. The Morgan fingerprint density at radius 2 is 2.42 bits per heavy atom. The lowest BCUT2D eigenvalue weighted by Gasteiger charge is -2.06. The predicted molar refractivity (Wildman–Crippen MR) is 68.5 cm³/mol. The van der Waals surface area contributed by atoms with Crippen LogP contribution in [0.5, 0.6) is 0 Å². The van der Waals surface area contributed by atoms with E-state index in [1.807, 2.05) is 0 Å². The van der Waals surface area contributed by atoms with Crippen LogP contribution in [0.3, 0.4) is 0 Å². The molecule has 0 aliphatic rings. The number of esters is 1. The maximum atomic E-state index is 11.3. The molecule has 0 radical (unpaired) electrons. The summed E-state index contributed by atoms with van der Waals surface area (Å²) in [6.45, 7) is 1.23. The molecule has 0 spiro atoms. The SMILES string of the molecule is COC(=O)c1nccc(NCCn2cc(N)cn2)n1. The molecule has 3 N–H and O–H groups in total. The van der Waals surface area contributed by atoms with Crippen LogP contribution in [-0.2, 0) is 11.3 Å². The number of aromatic nitrogens is 4.